The van der Waals surface area contributed by atoms with Crippen molar-refractivity contribution in [1.82, 2.24) is 4.90 Å². The molecule has 2 aromatic carbocycles. The van der Waals surface area contributed by atoms with E-state index in [0.29, 0.717) is 19.5 Å². The van der Waals surface area contributed by atoms with Crippen molar-refractivity contribution in [2.45, 2.75) is 31.7 Å². The maximum absolute atomic E-state index is 14.1. The third kappa shape index (κ3) is 3.58. The van der Waals surface area contributed by atoms with Crippen LogP contribution < -0.4 is 0 Å². The van der Waals surface area contributed by atoms with E-state index in [1.165, 1.54) is 6.07 Å². The minimum absolute atomic E-state index is 0.0141. The van der Waals surface area contributed by atoms with Gasteiger partial charge in [0.05, 0.1) is 12.7 Å². The van der Waals surface area contributed by atoms with Gasteiger partial charge in [0, 0.05) is 24.7 Å². The molecule has 2 aromatic rings. The lowest BCUT2D eigenvalue weighted by Gasteiger charge is -2.25. The van der Waals surface area contributed by atoms with E-state index in [2.05, 4.69) is 0 Å². The molecule has 1 saturated heterocycles. The highest BCUT2D eigenvalue weighted by Crippen LogP contribution is 2.35. The summed E-state index contributed by atoms with van der Waals surface area (Å²) >= 11 is 0. The highest BCUT2D eigenvalue weighted by atomic mass is 19.1. The van der Waals surface area contributed by atoms with Gasteiger partial charge >= 0.3 is 0 Å². The number of benzene rings is 2. The zero-order valence-corrected chi connectivity index (χ0v) is 12.6. The maximum atomic E-state index is 14.1. The molecule has 0 spiro atoms. The number of hydrogen-bond acceptors (Lipinski definition) is 3. The van der Waals surface area contributed by atoms with Crippen molar-refractivity contribution in [3.63, 3.8) is 0 Å². The van der Waals surface area contributed by atoms with Crippen LogP contribution in [0.25, 0.3) is 0 Å². The van der Waals surface area contributed by atoms with E-state index in [0.717, 1.165) is 23.3 Å². The fourth-order valence-electron chi connectivity index (χ4n) is 3.13. The number of rotatable bonds is 4. The third-order valence-electron chi connectivity index (χ3n) is 4.29. The first kappa shape index (κ1) is 16.1. The van der Waals surface area contributed by atoms with Gasteiger partial charge in [0.2, 0.25) is 0 Å². The third-order valence-corrected chi connectivity index (χ3v) is 4.29. The summed E-state index contributed by atoms with van der Waals surface area (Å²) in [5, 5.41) is 19.0. The summed E-state index contributed by atoms with van der Waals surface area (Å²) in [6.07, 6.45) is -0.172. The molecule has 0 saturated carbocycles. The first-order valence-corrected chi connectivity index (χ1v) is 7.62. The van der Waals surface area contributed by atoms with Gasteiger partial charge in [0.1, 0.15) is 11.6 Å². The molecule has 0 amide bonds. The first-order valence-electron chi connectivity index (χ1n) is 7.62. The number of halogens is 2. The van der Waals surface area contributed by atoms with Gasteiger partial charge in [-0.3, -0.25) is 4.90 Å². The topological polar surface area (TPSA) is 43.7 Å². The Morgan fingerprint density at radius 3 is 2.43 bits per heavy atom. The normalized spacial score (nSPS) is 21.7. The zero-order valence-electron chi connectivity index (χ0n) is 12.6. The lowest BCUT2D eigenvalue weighted by atomic mass is 10.0. The molecule has 1 heterocycles. The number of hydrogen-bond donors (Lipinski definition) is 2. The fourth-order valence-corrected chi connectivity index (χ4v) is 3.13. The molecule has 1 fully saturated rings. The SMILES string of the molecule is OCc1ccc(CN2C[C@@H](O)C[C@@H]2c2cc(F)ccc2F)cc1. The Labute approximate surface area is 133 Å². The van der Waals surface area contributed by atoms with Gasteiger partial charge in [0.15, 0.2) is 0 Å². The second kappa shape index (κ2) is 6.74. The van der Waals surface area contributed by atoms with E-state index >= 15 is 0 Å². The molecule has 5 heteroatoms. The quantitative estimate of drug-likeness (QED) is 0.911. The predicted molar refractivity (Wildman–Crippen MR) is 82.5 cm³/mol. The van der Waals surface area contributed by atoms with Gasteiger partial charge < -0.3 is 10.2 Å². The Hall–Kier alpha value is -1.82. The summed E-state index contributed by atoms with van der Waals surface area (Å²) in [5.74, 6) is -0.929. The van der Waals surface area contributed by atoms with E-state index < -0.39 is 17.7 Å². The second-order valence-electron chi connectivity index (χ2n) is 5.98. The van der Waals surface area contributed by atoms with Crippen molar-refractivity contribution < 1.29 is 19.0 Å². The van der Waals surface area contributed by atoms with Crippen molar-refractivity contribution in [2.24, 2.45) is 0 Å². The van der Waals surface area contributed by atoms with Gasteiger partial charge in [-0.25, -0.2) is 8.78 Å². The molecule has 1 aliphatic heterocycles. The molecule has 23 heavy (non-hydrogen) atoms. The van der Waals surface area contributed by atoms with Crippen molar-refractivity contribution in [3.8, 4) is 0 Å². The van der Waals surface area contributed by atoms with Crippen LogP contribution in [0.1, 0.15) is 29.2 Å². The Balaban J connectivity index is 1.83. The Bertz CT molecular complexity index is 675. The van der Waals surface area contributed by atoms with Crippen molar-refractivity contribution >= 4 is 0 Å². The molecule has 0 radical (unpaired) electrons. The summed E-state index contributed by atoms with van der Waals surface area (Å²) in [4.78, 5) is 1.95. The molecule has 3 rings (SSSR count). The first-order chi connectivity index (χ1) is 11.1. The van der Waals surface area contributed by atoms with E-state index in [1.807, 2.05) is 29.2 Å². The number of nitrogens with zero attached hydrogens (tertiary/aromatic N) is 1. The van der Waals surface area contributed by atoms with Crippen LogP contribution >= 0.6 is 0 Å². The van der Waals surface area contributed by atoms with Gasteiger partial charge in [-0.05, 0) is 35.7 Å². The maximum Gasteiger partial charge on any atom is 0.128 e. The largest absolute Gasteiger partial charge is 0.392 e. The molecule has 0 bridgehead atoms. The molecular weight excluding hydrogens is 300 g/mol. The summed E-state index contributed by atoms with van der Waals surface area (Å²) in [6, 6.07) is 10.5. The molecule has 2 atom stereocenters. The van der Waals surface area contributed by atoms with Gasteiger partial charge in [-0.15, -0.1) is 0 Å². The summed E-state index contributed by atoms with van der Waals surface area (Å²) in [7, 11) is 0. The van der Waals surface area contributed by atoms with E-state index in [9.17, 15) is 13.9 Å². The number of β-amino-alcohol motifs (C(OH)–C–C–N with tert-alkyl or cyclic N) is 1. The van der Waals surface area contributed by atoms with Gasteiger partial charge in [0.25, 0.3) is 0 Å². The number of aliphatic hydroxyl groups excluding tert-OH is 2. The van der Waals surface area contributed by atoms with Crippen LogP contribution in [-0.4, -0.2) is 27.8 Å². The van der Waals surface area contributed by atoms with Crippen molar-refractivity contribution in [3.05, 3.63) is 70.8 Å². The van der Waals surface area contributed by atoms with Crippen LogP contribution in [0.5, 0.6) is 0 Å². The molecule has 0 aliphatic carbocycles. The van der Waals surface area contributed by atoms with Crippen molar-refractivity contribution in [2.75, 3.05) is 6.54 Å². The lowest BCUT2D eigenvalue weighted by Crippen LogP contribution is -2.25. The number of aliphatic hydroxyl groups is 2. The Kier molecular flexibility index (Phi) is 4.71. The van der Waals surface area contributed by atoms with E-state index in [4.69, 9.17) is 5.11 Å². The Morgan fingerprint density at radius 2 is 1.74 bits per heavy atom. The number of likely N-dealkylation sites (tertiary alicyclic amines) is 1. The summed E-state index contributed by atoms with van der Waals surface area (Å²) in [5.41, 5.74) is 2.11. The summed E-state index contributed by atoms with van der Waals surface area (Å²) in [6.45, 7) is 0.936. The molecule has 0 aromatic heterocycles. The van der Waals surface area contributed by atoms with E-state index in [-0.39, 0.29) is 18.2 Å². The average molecular weight is 319 g/mol. The van der Waals surface area contributed by atoms with Crippen molar-refractivity contribution in [1.29, 1.82) is 0 Å². The zero-order chi connectivity index (χ0) is 16.4. The highest BCUT2D eigenvalue weighted by Gasteiger charge is 2.33. The van der Waals surface area contributed by atoms with Gasteiger partial charge in [-0.2, -0.15) is 0 Å². The molecule has 1 aliphatic rings. The van der Waals surface area contributed by atoms with Crippen LogP contribution in [0, 0.1) is 11.6 Å². The van der Waals surface area contributed by atoms with Gasteiger partial charge in [-0.1, -0.05) is 24.3 Å². The molecule has 3 nitrogen and oxygen atoms in total. The lowest BCUT2D eigenvalue weighted by molar-refractivity contribution is 0.172. The molecule has 2 N–H and O–H groups in total. The van der Waals surface area contributed by atoms with Crippen LogP contribution in [0.4, 0.5) is 8.78 Å². The van der Waals surface area contributed by atoms with Crippen LogP contribution in [-0.2, 0) is 13.2 Å². The minimum atomic E-state index is -0.556. The van der Waals surface area contributed by atoms with Crippen LogP contribution in [0.3, 0.4) is 0 Å². The molecule has 122 valence electrons. The standard InChI is InChI=1S/C18H19F2NO2/c19-14-5-6-17(20)16(7-14)18-8-15(23)10-21(18)9-12-1-3-13(11-22)4-2-12/h1-7,15,18,22-23H,8-11H2/t15-,18+/m0/s1. The minimum Gasteiger partial charge on any atom is -0.392 e. The average Bonchev–Trinajstić information content (AvgIpc) is 2.91. The van der Waals surface area contributed by atoms with Crippen LogP contribution in [0.2, 0.25) is 0 Å². The summed E-state index contributed by atoms with van der Waals surface area (Å²) < 4.78 is 27.5. The van der Waals surface area contributed by atoms with Crippen LogP contribution in [0.15, 0.2) is 42.5 Å². The molecular formula is C18H19F2NO2. The predicted octanol–water partition coefficient (Wildman–Crippen LogP) is 2.77. The second-order valence-corrected chi connectivity index (χ2v) is 5.98. The Morgan fingerprint density at radius 1 is 1.04 bits per heavy atom. The highest BCUT2D eigenvalue weighted by molar-refractivity contribution is 5.26. The fraction of sp³-hybridized carbons (Fsp3) is 0.333. The monoisotopic (exact) mass is 319 g/mol. The van der Waals surface area contributed by atoms with E-state index in [1.54, 1.807) is 0 Å². The molecule has 0 unspecified atom stereocenters. The smallest absolute Gasteiger partial charge is 0.128 e.